The molecule has 1 saturated heterocycles. The standard InChI is InChI=1S/C11H23N3O4S.ClH/c1-2-18-6-7-19(16,17)13-9-11(15)14-10-4-3-5-12-8-10;/h10,12-13H,2-9H2,1H3,(H,14,15);1H. The van der Waals surface area contributed by atoms with E-state index >= 15 is 0 Å². The van der Waals surface area contributed by atoms with Crippen molar-refractivity contribution in [3.8, 4) is 0 Å². The normalized spacial score (nSPS) is 19.1. The van der Waals surface area contributed by atoms with Gasteiger partial charge in [-0.15, -0.1) is 12.4 Å². The van der Waals surface area contributed by atoms with Crippen LogP contribution in [0.15, 0.2) is 0 Å². The summed E-state index contributed by atoms with van der Waals surface area (Å²) in [5.74, 6) is -0.423. The molecule has 9 heteroatoms. The Balaban J connectivity index is 0.00000361. The first-order valence-electron chi connectivity index (χ1n) is 6.58. The first-order valence-corrected chi connectivity index (χ1v) is 8.24. The van der Waals surface area contributed by atoms with Gasteiger partial charge in [-0.2, -0.15) is 0 Å². The Bertz CT molecular complexity index is 372. The predicted octanol–water partition coefficient (Wildman–Crippen LogP) is -0.768. The third kappa shape index (κ3) is 8.70. The molecule has 1 atom stereocenters. The molecular weight excluding hydrogens is 306 g/mol. The maximum Gasteiger partial charge on any atom is 0.235 e. The SMILES string of the molecule is CCOCCS(=O)(=O)NCC(=O)NC1CCCNC1.Cl. The molecule has 7 nitrogen and oxygen atoms in total. The van der Waals surface area contributed by atoms with Crippen molar-refractivity contribution in [2.24, 2.45) is 0 Å². The minimum Gasteiger partial charge on any atom is -0.381 e. The van der Waals surface area contributed by atoms with Crippen molar-refractivity contribution >= 4 is 28.3 Å². The van der Waals surface area contributed by atoms with Crippen molar-refractivity contribution in [2.45, 2.75) is 25.8 Å². The molecule has 120 valence electrons. The number of rotatable bonds is 8. The van der Waals surface area contributed by atoms with Crippen molar-refractivity contribution in [1.82, 2.24) is 15.4 Å². The van der Waals surface area contributed by atoms with Crippen molar-refractivity contribution in [3.05, 3.63) is 0 Å². The number of nitrogens with one attached hydrogen (secondary N) is 3. The average molecular weight is 330 g/mol. The van der Waals surface area contributed by atoms with Gasteiger partial charge in [-0.3, -0.25) is 4.79 Å². The lowest BCUT2D eigenvalue weighted by Gasteiger charge is -2.23. The van der Waals surface area contributed by atoms with Crippen molar-refractivity contribution in [3.63, 3.8) is 0 Å². The molecule has 0 aromatic rings. The van der Waals surface area contributed by atoms with E-state index in [9.17, 15) is 13.2 Å². The predicted molar refractivity (Wildman–Crippen MR) is 79.6 cm³/mol. The van der Waals surface area contributed by atoms with E-state index in [1.54, 1.807) is 6.92 Å². The van der Waals surface area contributed by atoms with Crippen LogP contribution in [0.5, 0.6) is 0 Å². The van der Waals surface area contributed by atoms with E-state index < -0.39 is 10.0 Å². The molecule has 1 unspecified atom stereocenters. The van der Waals surface area contributed by atoms with Crippen LogP contribution in [0, 0.1) is 0 Å². The second kappa shape index (κ2) is 10.3. The van der Waals surface area contributed by atoms with Crippen LogP contribution in [0.3, 0.4) is 0 Å². The summed E-state index contributed by atoms with van der Waals surface area (Å²) in [4.78, 5) is 11.6. The first-order chi connectivity index (χ1) is 9.03. The number of ether oxygens (including phenoxy) is 1. The highest BCUT2D eigenvalue weighted by atomic mass is 35.5. The molecule has 1 aliphatic heterocycles. The molecule has 0 saturated carbocycles. The van der Waals surface area contributed by atoms with E-state index in [0.29, 0.717) is 6.61 Å². The second-order valence-corrected chi connectivity index (χ2v) is 6.37. The topological polar surface area (TPSA) is 96.5 Å². The van der Waals surface area contributed by atoms with Gasteiger partial charge in [-0.25, -0.2) is 13.1 Å². The molecule has 1 fully saturated rings. The smallest absolute Gasteiger partial charge is 0.235 e. The third-order valence-electron chi connectivity index (χ3n) is 2.82. The van der Waals surface area contributed by atoms with Crippen molar-refractivity contribution in [2.75, 3.05) is 38.6 Å². The van der Waals surface area contributed by atoms with E-state index in [0.717, 1.165) is 25.9 Å². The summed E-state index contributed by atoms with van der Waals surface area (Å²) in [5, 5.41) is 5.98. The molecule has 0 aliphatic carbocycles. The second-order valence-electron chi connectivity index (χ2n) is 4.45. The number of carbonyl (C=O) groups is 1. The number of hydrogen-bond acceptors (Lipinski definition) is 5. The molecule has 0 spiro atoms. The number of sulfonamides is 1. The van der Waals surface area contributed by atoms with Crippen LogP contribution >= 0.6 is 12.4 Å². The number of hydrogen-bond donors (Lipinski definition) is 3. The van der Waals surface area contributed by atoms with Gasteiger partial charge in [0.05, 0.1) is 18.9 Å². The van der Waals surface area contributed by atoms with Crippen molar-refractivity contribution < 1.29 is 17.9 Å². The van der Waals surface area contributed by atoms with Gasteiger partial charge in [0.25, 0.3) is 0 Å². The summed E-state index contributed by atoms with van der Waals surface area (Å²) in [6, 6.07) is 0.0918. The number of halogens is 1. The molecule has 20 heavy (non-hydrogen) atoms. The van der Waals surface area contributed by atoms with Crippen LogP contribution in [0.1, 0.15) is 19.8 Å². The fraction of sp³-hybridized carbons (Fsp3) is 0.909. The van der Waals surface area contributed by atoms with E-state index in [4.69, 9.17) is 4.74 Å². The van der Waals surface area contributed by atoms with E-state index in [1.165, 1.54) is 0 Å². The Morgan fingerprint density at radius 3 is 2.80 bits per heavy atom. The molecule has 0 aromatic heterocycles. The zero-order chi connectivity index (χ0) is 14.1. The summed E-state index contributed by atoms with van der Waals surface area (Å²) >= 11 is 0. The van der Waals surface area contributed by atoms with Gasteiger partial charge in [-0.05, 0) is 26.3 Å². The fourth-order valence-electron chi connectivity index (χ4n) is 1.81. The van der Waals surface area contributed by atoms with Gasteiger partial charge in [0.2, 0.25) is 15.9 Å². The molecule has 0 bridgehead atoms. The molecule has 3 N–H and O–H groups in total. The van der Waals surface area contributed by atoms with Crippen LogP contribution in [0.25, 0.3) is 0 Å². The summed E-state index contributed by atoms with van der Waals surface area (Å²) in [6.45, 7) is 3.90. The fourth-order valence-corrected chi connectivity index (χ4v) is 2.65. The third-order valence-corrected chi connectivity index (χ3v) is 4.10. The lowest BCUT2D eigenvalue weighted by atomic mass is 10.1. The lowest BCUT2D eigenvalue weighted by Crippen LogP contribution is -2.48. The monoisotopic (exact) mass is 329 g/mol. The largest absolute Gasteiger partial charge is 0.381 e. The Kier molecular flexibility index (Phi) is 10.1. The zero-order valence-electron chi connectivity index (χ0n) is 11.7. The number of carbonyl (C=O) groups excluding carboxylic acids is 1. The van der Waals surface area contributed by atoms with Gasteiger partial charge in [0, 0.05) is 19.2 Å². The summed E-state index contributed by atoms with van der Waals surface area (Å²) < 4.78 is 30.3. The van der Waals surface area contributed by atoms with E-state index in [-0.39, 0.29) is 43.3 Å². The van der Waals surface area contributed by atoms with Crippen LogP contribution in [0.4, 0.5) is 0 Å². The first kappa shape index (κ1) is 19.6. The van der Waals surface area contributed by atoms with Gasteiger partial charge < -0.3 is 15.4 Å². The molecule has 0 radical (unpaired) electrons. The van der Waals surface area contributed by atoms with E-state index in [2.05, 4.69) is 15.4 Å². The van der Waals surface area contributed by atoms with E-state index in [1.807, 2.05) is 0 Å². The van der Waals surface area contributed by atoms with Gasteiger partial charge in [0.15, 0.2) is 0 Å². The van der Waals surface area contributed by atoms with Gasteiger partial charge >= 0.3 is 0 Å². The van der Waals surface area contributed by atoms with Crippen LogP contribution in [0.2, 0.25) is 0 Å². The minimum atomic E-state index is -3.44. The number of piperidine rings is 1. The minimum absolute atomic E-state index is 0. The van der Waals surface area contributed by atoms with Crippen molar-refractivity contribution in [1.29, 1.82) is 0 Å². The van der Waals surface area contributed by atoms with Crippen LogP contribution in [-0.2, 0) is 19.6 Å². The maximum atomic E-state index is 11.6. The quantitative estimate of drug-likeness (QED) is 0.508. The highest BCUT2D eigenvalue weighted by molar-refractivity contribution is 7.89. The Hall–Kier alpha value is -0.410. The maximum absolute atomic E-state index is 11.6. The van der Waals surface area contributed by atoms with Crippen LogP contribution < -0.4 is 15.4 Å². The number of amides is 1. The highest BCUT2D eigenvalue weighted by Crippen LogP contribution is 2.00. The lowest BCUT2D eigenvalue weighted by molar-refractivity contribution is -0.120. The van der Waals surface area contributed by atoms with Gasteiger partial charge in [-0.1, -0.05) is 0 Å². The summed E-state index contributed by atoms with van der Waals surface area (Å²) in [7, 11) is -3.44. The molecule has 1 rings (SSSR count). The molecule has 1 aliphatic rings. The summed E-state index contributed by atoms with van der Waals surface area (Å²) in [6.07, 6.45) is 1.95. The average Bonchev–Trinajstić information content (AvgIpc) is 2.38. The van der Waals surface area contributed by atoms with Crippen LogP contribution in [-0.4, -0.2) is 59.0 Å². The zero-order valence-corrected chi connectivity index (χ0v) is 13.3. The van der Waals surface area contributed by atoms with Gasteiger partial charge in [0.1, 0.15) is 0 Å². The summed E-state index contributed by atoms with van der Waals surface area (Å²) in [5.41, 5.74) is 0. The Labute approximate surface area is 126 Å². The Morgan fingerprint density at radius 1 is 1.45 bits per heavy atom. The Morgan fingerprint density at radius 2 is 2.20 bits per heavy atom. The molecule has 0 aromatic carbocycles. The molecule has 1 amide bonds. The molecular formula is C11H24ClN3O4S. The molecule has 1 heterocycles. The highest BCUT2D eigenvalue weighted by Gasteiger charge is 2.17.